The molecule has 3 heteroatoms. The first kappa shape index (κ1) is 17.0. The summed E-state index contributed by atoms with van der Waals surface area (Å²) in [7, 11) is 0. The summed E-state index contributed by atoms with van der Waals surface area (Å²) in [6, 6.07) is 28.9. The van der Waals surface area contributed by atoms with E-state index in [4.69, 9.17) is 8.83 Å². The van der Waals surface area contributed by atoms with Crippen molar-refractivity contribution in [3.63, 3.8) is 0 Å². The zero-order chi connectivity index (χ0) is 20.1. The van der Waals surface area contributed by atoms with Crippen molar-refractivity contribution in [3.8, 4) is 22.6 Å². The molecule has 6 aromatic rings. The molecule has 0 bridgehead atoms. The van der Waals surface area contributed by atoms with Crippen molar-refractivity contribution >= 4 is 33.0 Å². The Morgan fingerprint density at radius 1 is 0.667 bits per heavy atom. The number of fused-ring (bicyclic) bond motifs is 4. The molecular weight excluding hydrogens is 370 g/mol. The normalized spacial score (nSPS) is 11.6. The van der Waals surface area contributed by atoms with Gasteiger partial charge in [0.05, 0.1) is 0 Å². The molecule has 0 spiro atoms. The van der Waals surface area contributed by atoms with Gasteiger partial charge in [0, 0.05) is 21.9 Å². The monoisotopic (exact) mass is 389 g/mol. The van der Waals surface area contributed by atoms with Gasteiger partial charge in [0.25, 0.3) is 0 Å². The third kappa shape index (κ3) is 2.56. The van der Waals surface area contributed by atoms with Gasteiger partial charge in [-0.2, -0.15) is 0 Å². The van der Waals surface area contributed by atoms with Gasteiger partial charge in [-0.15, -0.1) is 0 Å². The molecule has 0 saturated heterocycles. The van der Waals surface area contributed by atoms with E-state index in [1.54, 1.807) is 0 Å². The number of hydrogen-bond donors (Lipinski definition) is 0. The Labute approximate surface area is 173 Å². The fraction of sp³-hybridized carbons (Fsp3) is 0.0741. The summed E-state index contributed by atoms with van der Waals surface area (Å²) < 4.78 is 12.3. The minimum absolute atomic E-state index is 0.652. The summed E-state index contributed by atoms with van der Waals surface area (Å²) in [6.45, 7) is 2.13. The summed E-state index contributed by atoms with van der Waals surface area (Å²) in [4.78, 5) is 4.69. The maximum absolute atomic E-state index is 6.19. The minimum Gasteiger partial charge on any atom is -0.455 e. The molecule has 2 heterocycles. The maximum Gasteiger partial charge on any atom is 0.227 e. The number of oxazole rings is 1. The first-order chi connectivity index (χ1) is 14.8. The van der Waals surface area contributed by atoms with Crippen LogP contribution in [0.25, 0.3) is 55.6 Å². The second-order valence-electron chi connectivity index (χ2n) is 7.50. The van der Waals surface area contributed by atoms with Crippen molar-refractivity contribution in [1.29, 1.82) is 0 Å². The SMILES string of the molecule is CCc1cccc2nc(-c3ccc(-c4cccc5c4oc4ccccc45)cc3)oc12. The van der Waals surface area contributed by atoms with Crippen LogP contribution in [-0.4, -0.2) is 4.98 Å². The molecule has 0 saturated carbocycles. The van der Waals surface area contributed by atoms with Crippen molar-refractivity contribution in [1.82, 2.24) is 4.98 Å². The Bertz CT molecular complexity index is 1520. The van der Waals surface area contributed by atoms with E-state index in [2.05, 4.69) is 66.5 Å². The van der Waals surface area contributed by atoms with Crippen LogP contribution < -0.4 is 0 Å². The van der Waals surface area contributed by atoms with Gasteiger partial charge in [-0.05, 0) is 41.8 Å². The van der Waals surface area contributed by atoms with E-state index >= 15 is 0 Å². The molecule has 0 amide bonds. The summed E-state index contributed by atoms with van der Waals surface area (Å²) in [5.41, 5.74) is 7.95. The lowest BCUT2D eigenvalue weighted by Crippen LogP contribution is -1.81. The van der Waals surface area contributed by atoms with Gasteiger partial charge in [0.15, 0.2) is 5.58 Å². The van der Waals surface area contributed by atoms with Crippen molar-refractivity contribution in [3.05, 3.63) is 90.5 Å². The standard InChI is InChI=1S/C27H19NO2/c1-2-17-7-5-11-23-25(17)30-27(28-23)19-15-13-18(14-16-19)20-9-6-10-22-21-8-3-4-12-24(21)29-26(20)22/h3-16H,2H2,1H3. The van der Waals surface area contributed by atoms with Crippen molar-refractivity contribution in [2.75, 3.05) is 0 Å². The fourth-order valence-electron chi connectivity index (χ4n) is 4.17. The second-order valence-corrected chi connectivity index (χ2v) is 7.50. The number of benzene rings is 4. The van der Waals surface area contributed by atoms with Crippen LogP contribution in [0.15, 0.2) is 93.8 Å². The topological polar surface area (TPSA) is 39.2 Å². The number of rotatable bonds is 3. The van der Waals surface area contributed by atoms with Crippen LogP contribution in [0.1, 0.15) is 12.5 Å². The first-order valence-corrected chi connectivity index (χ1v) is 10.2. The molecule has 0 aliphatic rings. The van der Waals surface area contributed by atoms with Crippen LogP contribution in [-0.2, 0) is 6.42 Å². The Balaban J connectivity index is 1.45. The molecule has 0 unspecified atom stereocenters. The van der Waals surface area contributed by atoms with Crippen LogP contribution in [0.2, 0.25) is 0 Å². The van der Waals surface area contributed by atoms with Gasteiger partial charge in [-0.1, -0.05) is 67.6 Å². The van der Waals surface area contributed by atoms with E-state index in [1.165, 1.54) is 5.56 Å². The largest absolute Gasteiger partial charge is 0.455 e. The number of para-hydroxylation sites is 3. The van der Waals surface area contributed by atoms with Crippen LogP contribution in [0.5, 0.6) is 0 Å². The zero-order valence-corrected chi connectivity index (χ0v) is 16.6. The molecule has 30 heavy (non-hydrogen) atoms. The molecule has 144 valence electrons. The highest BCUT2D eigenvalue weighted by Gasteiger charge is 2.14. The van der Waals surface area contributed by atoms with Gasteiger partial charge in [0.2, 0.25) is 5.89 Å². The minimum atomic E-state index is 0.652. The van der Waals surface area contributed by atoms with E-state index in [1.807, 2.05) is 30.3 Å². The molecule has 2 aromatic heterocycles. The maximum atomic E-state index is 6.19. The highest BCUT2D eigenvalue weighted by Crippen LogP contribution is 2.36. The van der Waals surface area contributed by atoms with Gasteiger partial charge in [-0.25, -0.2) is 4.98 Å². The van der Waals surface area contributed by atoms with Crippen LogP contribution in [0.4, 0.5) is 0 Å². The molecule has 6 rings (SSSR count). The molecule has 0 atom stereocenters. The average Bonchev–Trinajstić information content (AvgIpc) is 3.40. The summed E-state index contributed by atoms with van der Waals surface area (Å²) in [5, 5.41) is 2.28. The Hall–Kier alpha value is -3.85. The smallest absolute Gasteiger partial charge is 0.227 e. The first-order valence-electron chi connectivity index (χ1n) is 10.2. The van der Waals surface area contributed by atoms with E-state index in [0.717, 1.165) is 56.1 Å². The van der Waals surface area contributed by atoms with Crippen molar-refractivity contribution < 1.29 is 8.83 Å². The predicted octanol–water partition coefficient (Wildman–Crippen LogP) is 7.62. The van der Waals surface area contributed by atoms with Crippen molar-refractivity contribution in [2.45, 2.75) is 13.3 Å². The predicted molar refractivity (Wildman–Crippen MR) is 122 cm³/mol. The third-order valence-electron chi connectivity index (χ3n) is 5.72. The zero-order valence-electron chi connectivity index (χ0n) is 16.6. The van der Waals surface area contributed by atoms with Crippen LogP contribution in [0.3, 0.4) is 0 Å². The molecule has 0 aliphatic carbocycles. The molecule has 0 N–H and O–H groups in total. The van der Waals surface area contributed by atoms with Crippen LogP contribution >= 0.6 is 0 Å². The number of aryl methyl sites for hydroxylation is 1. The Morgan fingerprint density at radius 3 is 2.30 bits per heavy atom. The van der Waals surface area contributed by atoms with Crippen LogP contribution in [0, 0.1) is 0 Å². The lowest BCUT2D eigenvalue weighted by molar-refractivity contribution is 0.615. The van der Waals surface area contributed by atoms with Gasteiger partial charge >= 0.3 is 0 Å². The number of hydrogen-bond acceptors (Lipinski definition) is 3. The lowest BCUT2D eigenvalue weighted by Gasteiger charge is -2.04. The lowest BCUT2D eigenvalue weighted by atomic mass is 10.0. The van der Waals surface area contributed by atoms with Gasteiger partial charge in [-0.3, -0.25) is 0 Å². The molecule has 0 radical (unpaired) electrons. The fourth-order valence-corrected chi connectivity index (χ4v) is 4.17. The molecular formula is C27H19NO2. The van der Waals surface area contributed by atoms with E-state index in [9.17, 15) is 0 Å². The molecule has 0 aliphatic heterocycles. The highest BCUT2D eigenvalue weighted by molar-refractivity contribution is 6.09. The van der Waals surface area contributed by atoms with Gasteiger partial charge < -0.3 is 8.83 Å². The highest BCUT2D eigenvalue weighted by atomic mass is 16.3. The Kier molecular flexibility index (Phi) is 3.75. The summed E-state index contributed by atoms with van der Waals surface area (Å²) in [6.07, 6.45) is 0.923. The summed E-state index contributed by atoms with van der Waals surface area (Å²) in [5.74, 6) is 0.652. The summed E-state index contributed by atoms with van der Waals surface area (Å²) >= 11 is 0. The third-order valence-corrected chi connectivity index (χ3v) is 5.72. The number of aromatic nitrogens is 1. The average molecular weight is 389 g/mol. The number of furan rings is 1. The van der Waals surface area contributed by atoms with E-state index < -0.39 is 0 Å². The van der Waals surface area contributed by atoms with Crippen molar-refractivity contribution in [2.24, 2.45) is 0 Å². The molecule has 4 aromatic carbocycles. The quantitative estimate of drug-likeness (QED) is 0.312. The molecule has 3 nitrogen and oxygen atoms in total. The number of nitrogens with zero attached hydrogens (tertiary/aromatic N) is 1. The van der Waals surface area contributed by atoms with E-state index in [0.29, 0.717) is 5.89 Å². The van der Waals surface area contributed by atoms with Gasteiger partial charge in [0.1, 0.15) is 16.7 Å². The Morgan fingerprint density at radius 2 is 1.43 bits per heavy atom. The second kappa shape index (κ2) is 6.60. The van der Waals surface area contributed by atoms with E-state index in [-0.39, 0.29) is 0 Å². The molecule has 0 fully saturated rings.